The maximum atomic E-state index is 10.8. The van der Waals surface area contributed by atoms with Crippen LogP contribution in [0, 0.1) is 11.3 Å². The molecule has 1 aromatic rings. The summed E-state index contributed by atoms with van der Waals surface area (Å²) in [7, 11) is -4.75. The van der Waals surface area contributed by atoms with Crippen LogP contribution >= 0.6 is 0 Å². The molecular formula is C18H21NaO5S. The van der Waals surface area contributed by atoms with Gasteiger partial charge >= 0.3 is 29.6 Å². The molecule has 0 aromatic heterocycles. The Labute approximate surface area is 170 Å². The Bertz CT molecular complexity index is 819. The molecule has 0 spiro atoms. The largest absolute Gasteiger partial charge is 1.00 e. The maximum absolute atomic E-state index is 10.8. The third-order valence-corrected chi connectivity index (χ3v) is 6.70. The molecule has 0 saturated heterocycles. The Balaban J connectivity index is 0.00000182. The summed E-state index contributed by atoms with van der Waals surface area (Å²) in [5, 5.41) is 10.4. The first-order valence-corrected chi connectivity index (χ1v) is 9.77. The molecular weight excluding hydrogens is 351 g/mol. The van der Waals surface area contributed by atoms with Gasteiger partial charge < -0.3 is 13.8 Å². The van der Waals surface area contributed by atoms with Crippen molar-refractivity contribution in [1.82, 2.24) is 0 Å². The Morgan fingerprint density at radius 1 is 1.28 bits per heavy atom. The molecule has 25 heavy (non-hydrogen) atoms. The molecule has 0 aliphatic heterocycles. The minimum Gasteiger partial charge on any atom is -0.716 e. The summed E-state index contributed by atoms with van der Waals surface area (Å²) in [5.74, 6) is 0.838. The van der Waals surface area contributed by atoms with Crippen LogP contribution in [0.3, 0.4) is 0 Å². The normalized spacial score (nSPS) is 33.4. The summed E-state index contributed by atoms with van der Waals surface area (Å²) in [6.45, 7) is 2.21. The van der Waals surface area contributed by atoms with E-state index in [1.54, 1.807) is 12.1 Å². The van der Waals surface area contributed by atoms with Gasteiger partial charge in [-0.1, -0.05) is 24.6 Å². The van der Waals surface area contributed by atoms with Crippen molar-refractivity contribution in [2.45, 2.75) is 51.0 Å². The molecule has 0 unspecified atom stereocenters. The fraction of sp³-hybridized carbons (Fsp3) is 0.556. The zero-order valence-electron chi connectivity index (χ0n) is 14.6. The molecule has 3 aliphatic rings. The number of aliphatic hydroxyl groups excluding tert-OH is 1. The zero-order valence-corrected chi connectivity index (χ0v) is 17.4. The van der Waals surface area contributed by atoms with Gasteiger partial charge in [0.05, 0.1) is 6.10 Å². The Morgan fingerprint density at radius 2 is 2.04 bits per heavy atom. The van der Waals surface area contributed by atoms with Crippen molar-refractivity contribution in [2.75, 3.05) is 0 Å². The van der Waals surface area contributed by atoms with Crippen molar-refractivity contribution < 1.29 is 51.8 Å². The van der Waals surface area contributed by atoms with Gasteiger partial charge in [-0.3, -0.25) is 0 Å². The third kappa shape index (κ3) is 3.33. The summed E-state index contributed by atoms with van der Waals surface area (Å²) in [6.07, 6.45) is 6.61. The standard InChI is InChI=1S/C18H22O5S.Na/c1-18-9-8-14-13-5-3-12(23-24(20,21)22)10-11(13)2-4-15(14)16(18)6-7-17(18)19;/h3-5,10,14,16-17,19H,2,6-9H2,1H3,(H,20,21,22);/q;+1/p-1/t14-,16+,17-,18+;/m0./s1. The fourth-order valence-corrected chi connectivity index (χ4v) is 5.42. The van der Waals surface area contributed by atoms with Crippen LogP contribution < -0.4 is 33.7 Å². The molecule has 0 bridgehead atoms. The number of benzene rings is 1. The molecule has 2 fully saturated rings. The Hall–Kier alpha value is -0.370. The molecule has 0 radical (unpaired) electrons. The van der Waals surface area contributed by atoms with Crippen molar-refractivity contribution in [3.63, 3.8) is 0 Å². The minimum atomic E-state index is -4.75. The smallest absolute Gasteiger partial charge is 0.716 e. The predicted molar refractivity (Wildman–Crippen MR) is 87.4 cm³/mol. The maximum Gasteiger partial charge on any atom is 1.00 e. The summed E-state index contributed by atoms with van der Waals surface area (Å²) in [5.41, 5.74) is 3.64. The fourth-order valence-electron chi connectivity index (χ4n) is 5.09. The third-order valence-electron chi connectivity index (χ3n) is 6.31. The van der Waals surface area contributed by atoms with E-state index >= 15 is 0 Å². The van der Waals surface area contributed by atoms with Gasteiger partial charge in [0.2, 0.25) is 0 Å². The van der Waals surface area contributed by atoms with Crippen LogP contribution in [-0.4, -0.2) is 24.2 Å². The van der Waals surface area contributed by atoms with Crippen LogP contribution in [-0.2, 0) is 16.8 Å². The average molecular weight is 372 g/mol. The van der Waals surface area contributed by atoms with Gasteiger partial charge in [0.1, 0.15) is 5.75 Å². The number of hydrogen-bond acceptors (Lipinski definition) is 5. The topological polar surface area (TPSA) is 86.7 Å². The van der Waals surface area contributed by atoms with Gasteiger partial charge in [-0.05, 0) is 61.3 Å². The number of fused-ring (bicyclic) bond motifs is 5. The molecule has 0 heterocycles. The molecule has 5 nitrogen and oxygen atoms in total. The van der Waals surface area contributed by atoms with E-state index < -0.39 is 10.4 Å². The molecule has 0 amide bonds. The van der Waals surface area contributed by atoms with E-state index in [-0.39, 0.29) is 46.8 Å². The zero-order chi connectivity index (χ0) is 17.1. The van der Waals surface area contributed by atoms with E-state index in [1.807, 2.05) is 6.07 Å². The average Bonchev–Trinajstić information content (AvgIpc) is 2.81. The van der Waals surface area contributed by atoms with Crippen molar-refractivity contribution >= 4 is 10.4 Å². The molecule has 4 rings (SSSR count). The predicted octanol–water partition coefficient (Wildman–Crippen LogP) is -0.333. The number of aliphatic hydroxyl groups is 1. The van der Waals surface area contributed by atoms with E-state index in [9.17, 15) is 18.1 Å². The SMILES string of the molecule is C[C@@]12CC[C@@H]3C(=CCc4cc(OS(=O)(=O)[O-])ccc43)[C@H]1CC[C@@H]2O.[Na+]. The first-order chi connectivity index (χ1) is 11.3. The van der Waals surface area contributed by atoms with Gasteiger partial charge in [-0.2, -0.15) is 0 Å². The quantitative estimate of drug-likeness (QED) is 0.332. The number of rotatable bonds is 2. The molecule has 3 aliphatic carbocycles. The molecule has 7 heteroatoms. The summed E-state index contributed by atoms with van der Waals surface area (Å²) in [6, 6.07) is 5.12. The van der Waals surface area contributed by atoms with Crippen LogP contribution in [0.5, 0.6) is 5.75 Å². The van der Waals surface area contributed by atoms with E-state index in [2.05, 4.69) is 17.2 Å². The van der Waals surface area contributed by atoms with Crippen LogP contribution in [0.15, 0.2) is 29.8 Å². The van der Waals surface area contributed by atoms with Crippen LogP contribution in [0.2, 0.25) is 0 Å². The molecule has 4 atom stereocenters. The van der Waals surface area contributed by atoms with E-state index in [0.717, 1.165) is 31.2 Å². The monoisotopic (exact) mass is 372 g/mol. The second-order valence-electron chi connectivity index (χ2n) is 7.50. The van der Waals surface area contributed by atoms with Crippen molar-refractivity contribution in [2.24, 2.45) is 11.3 Å². The van der Waals surface area contributed by atoms with Crippen LogP contribution in [0.4, 0.5) is 0 Å². The van der Waals surface area contributed by atoms with Gasteiger partial charge in [0, 0.05) is 11.3 Å². The van der Waals surface area contributed by atoms with Crippen LogP contribution in [0.1, 0.15) is 49.7 Å². The molecule has 2 saturated carbocycles. The van der Waals surface area contributed by atoms with Gasteiger partial charge in [0.25, 0.3) is 10.4 Å². The van der Waals surface area contributed by atoms with E-state index in [1.165, 1.54) is 11.1 Å². The molecule has 1 aromatic carbocycles. The van der Waals surface area contributed by atoms with E-state index in [4.69, 9.17) is 0 Å². The van der Waals surface area contributed by atoms with E-state index in [0.29, 0.717) is 18.3 Å². The van der Waals surface area contributed by atoms with Crippen molar-refractivity contribution in [1.29, 1.82) is 0 Å². The van der Waals surface area contributed by atoms with Gasteiger partial charge in [-0.25, -0.2) is 8.42 Å². The summed E-state index contributed by atoms with van der Waals surface area (Å²) < 4.78 is 36.8. The number of allylic oxidation sites excluding steroid dienone is 2. The van der Waals surface area contributed by atoms with Crippen molar-refractivity contribution in [3.05, 3.63) is 41.0 Å². The second-order valence-corrected chi connectivity index (χ2v) is 8.49. The molecule has 1 N–H and O–H groups in total. The van der Waals surface area contributed by atoms with Crippen LogP contribution in [0.25, 0.3) is 0 Å². The molecule has 130 valence electrons. The minimum absolute atomic E-state index is 0. The summed E-state index contributed by atoms with van der Waals surface area (Å²) >= 11 is 0. The summed E-state index contributed by atoms with van der Waals surface area (Å²) in [4.78, 5) is 0. The Kier molecular flexibility index (Phi) is 5.17. The van der Waals surface area contributed by atoms with Crippen molar-refractivity contribution in [3.8, 4) is 5.75 Å². The second kappa shape index (κ2) is 6.66. The first-order valence-electron chi connectivity index (χ1n) is 8.44. The number of hydrogen-bond donors (Lipinski definition) is 1. The van der Waals surface area contributed by atoms with Gasteiger partial charge in [-0.15, -0.1) is 0 Å². The first kappa shape index (κ1) is 19.4. The Morgan fingerprint density at radius 3 is 2.76 bits per heavy atom. The van der Waals surface area contributed by atoms with Gasteiger partial charge in [0.15, 0.2) is 0 Å².